The lowest BCUT2D eigenvalue weighted by molar-refractivity contribution is -0.138. The summed E-state index contributed by atoms with van der Waals surface area (Å²) in [5.41, 5.74) is 0.685. The van der Waals surface area contributed by atoms with Gasteiger partial charge in [-0.1, -0.05) is 57.2 Å². The lowest BCUT2D eigenvalue weighted by Gasteiger charge is -2.23. The molecule has 0 unspecified atom stereocenters. The second-order valence-corrected chi connectivity index (χ2v) is 6.76. The number of urea groups is 1. The SMILES string of the molecule is CC(C)(C)c1ccccc1NC(=O)NCc1ccccc1C(F)(F)F. The number of rotatable bonds is 3. The predicted molar refractivity (Wildman–Crippen MR) is 92.4 cm³/mol. The molecule has 0 spiro atoms. The zero-order chi connectivity index (χ0) is 18.7. The largest absolute Gasteiger partial charge is 0.416 e. The summed E-state index contributed by atoms with van der Waals surface area (Å²) in [6.45, 7) is 5.85. The standard InChI is InChI=1S/C19H21F3N2O/c1-18(2,3)15-10-6-7-11-16(15)24-17(25)23-12-13-8-4-5-9-14(13)19(20,21)22/h4-11H,12H2,1-3H3,(H2,23,24,25). The highest BCUT2D eigenvalue weighted by molar-refractivity contribution is 5.90. The summed E-state index contributed by atoms with van der Waals surface area (Å²) in [7, 11) is 0. The zero-order valence-corrected chi connectivity index (χ0v) is 14.4. The topological polar surface area (TPSA) is 41.1 Å². The predicted octanol–water partition coefficient (Wildman–Crippen LogP) is 5.32. The number of hydrogen-bond acceptors (Lipinski definition) is 1. The Bertz CT molecular complexity index is 749. The van der Waals surface area contributed by atoms with Gasteiger partial charge in [-0.3, -0.25) is 0 Å². The van der Waals surface area contributed by atoms with Crippen LogP contribution in [0.1, 0.15) is 37.5 Å². The van der Waals surface area contributed by atoms with Crippen molar-refractivity contribution in [2.45, 2.75) is 38.9 Å². The van der Waals surface area contributed by atoms with Crippen molar-refractivity contribution >= 4 is 11.7 Å². The summed E-state index contributed by atoms with van der Waals surface area (Å²) in [6, 6.07) is 12.0. The van der Waals surface area contributed by atoms with E-state index in [1.54, 1.807) is 12.1 Å². The number of alkyl halides is 3. The highest BCUT2D eigenvalue weighted by atomic mass is 19.4. The molecular weight excluding hydrogens is 329 g/mol. The van der Waals surface area contributed by atoms with Gasteiger partial charge in [0.2, 0.25) is 0 Å². The fourth-order valence-corrected chi connectivity index (χ4v) is 2.54. The molecule has 0 atom stereocenters. The number of amides is 2. The van der Waals surface area contributed by atoms with Crippen LogP contribution in [0.4, 0.5) is 23.7 Å². The molecular formula is C19H21F3N2O. The van der Waals surface area contributed by atoms with Gasteiger partial charge >= 0.3 is 12.2 Å². The van der Waals surface area contributed by atoms with Gasteiger partial charge < -0.3 is 10.6 Å². The van der Waals surface area contributed by atoms with Crippen LogP contribution in [0.25, 0.3) is 0 Å². The summed E-state index contributed by atoms with van der Waals surface area (Å²) >= 11 is 0. The van der Waals surface area contributed by atoms with E-state index in [0.717, 1.165) is 11.6 Å². The molecule has 134 valence electrons. The van der Waals surface area contributed by atoms with E-state index in [1.807, 2.05) is 32.9 Å². The van der Waals surface area contributed by atoms with Crippen LogP contribution in [0, 0.1) is 0 Å². The Morgan fingerprint density at radius 1 is 0.920 bits per heavy atom. The third-order valence-electron chi connectivity index (χ3n) is 3.75. The molecule has 0 aliphatic rings. The van der Waals surface area contributed by atoms with Crippen LogP contribution in [-0.2, 0) is 18.1 Å². The Labute approximate surface area is 145 Å². The van der Waals surface area contributed by atoms with Crippen LogP contribution in [0.2, 0.25) is 0 Å². The van der Waals surface area contributed by atoms with Crippen molar-refractivity contribution in [1.29, 1.82) is 0 Å². The number of carbonyl (C=O) groups excluding carboxylic acids is 1. The van der Waals surface area contributed by atoms with Gasteiger partial charge in [-0.05, 0) is 28.7 Å². The van der Waals surface area contributed by atoms with E-state index in [9.17, 15) is 18.0 Å². The Kier molecular flexibility index (Phi) is 5.40. The normalized spacial score (nSPS) is 11.9. The monoisotopic (exact) mass is 350 g/mol. The molecule has 2 amide bonds. The average Bonchev–Trinajstić information content (AvgIpc) is 2.52. The highest BCUT2D eigenvalue weighted by Crippen LogP contribution is 2.32. The molecule has 0 aliphatic carbocycles. The minimum absolute atomic E-state index is 0.0225. The first-order valence-electron chi connectivity index (χ1n) is 7.88. The van der Waals surface area contributed by atoms with Gasteiger partial charge in [-0.15, -0.1) is 0 Å². The van der Waals surface area contributed by atoms with E-state index in [-0.39, 0.29) is 17.5 Å². The number of para-hydroxylation sites is 1. The Morgan fingerprint density at radius 2 is 1.48 bits per heavy atom. The zero-order valence-electron chi connectivity index (χ0n) is 14.4. The van der Waals surface area contributed by atoms with E-state index < -0.39 is 17.8 Å². The van der Waals surface area contributed by atoms with Crippen molar-refractivity contribution in [1.82, 2.24) is 5.32 Å². The Morgan fingerprint density at radius 3 is 2.08 bits per heavy atom. The summed E-state index contributed by atoms with van der Waals surface area (Å²) in [5.74, 6) is 0. The smallest absolute Gasteiger partial charge is 0.334 e. The molecule has 0 aromatic heterocycles. The lowest BCUT2D eigenvalue weighted by Crippen LogP contribution is -2.30. The molecule has 0 radical (unpaired) electrons. The minimum atomic E-state index is -4.45. The molecule has 0 aliphatic heterocycles. The van der Waals surface area contributed by atoms with Crippen molar-refractivity contribution in [2.75, 3.05) is 5.32 Å². The molecule has 0 heterocycles. The fraction of sp³-hybridized carbons (Fsp3) is 0.316. The quantitative estimate of drug-likeness (QED) is 0.772. The molecule has 0 fully saturated rings. The maximum Gasteiger partial charge on any atom is 0.416 e. The number of nitrogens with one attached hydrogen (secondary N) is 2. The molecule has 25 heavy (non-hydrogen) atoms. The first-order chi connectivity index (χ1) is 11.6. The van der Waals surface area contributed by atoms with Crippen LogP contribution in [-0.4, -0.2) is 6.03 Å². The molecule has 3 nitrogen and oxygen atoms in total. The van der Waals surface area contributed by atoms with Crippen LogP contribution in [0.3, 0.4) is 0 Å². The van der Waals surface area contributed by atoms with Crippen molar-refractivity contribution < 1.29 is 18.0 Å². The van der Waals surface area contributed by atoms with E-state index >= 15 is 0 Å². The number of hydrogen-bond donors (Lipinski definition) is 2. The van der Waals surface area contributed by atoms with Crippen molar-refractivity contribution in [3.8, 4) is 0 Å². The molecule has 0 saturated carbocycles. The van der Waals surface area contributed by atoms with Crippen LogP contribution >= 0.6 is 0 Å². The van der Waals surface area contributed by atoms with Gasteiger partial charge in [0.05, 0.1) is 5.56 Å². The van der Waals surface area contributed by atoms with Crippen molar-refractivity contribution in [2.24, 2.45) is 0 Å². The Balaban J connectivity index is 2.09. The maximum atomic E-state index is 13.0. The highest BCUT2D eigenvalue weighted by Gasteiger charge is 2.32. The second-order valence-electron chi connectivity index (χ2n) is 6.76. The molecule has 0 saturated heterocycles. The lowest BCUT2D eigenvalue weighted by atomic mass is 9.86. The number of anilines is 1. The summed E-state index contributed by atoms with van der Waals surface area (Å²) in [6.07, 6.45) is -4.45. The first-order valence-corrected chi connectivity index (χ1v) is 7.88. The number of carbonyl (C=O) groups is 1. The van der Waals surface area contributed by atoms with Gasteiger partial charge in [0.25, 0.3) is 0 Å². The molecule has 0 bridgehead atoms. The minimum Gasteiger partial charge on any atom is -0.334 e. The summed E-state index contributed by atoms with van der Waals surface area (Å²) in [5, 5.41) is 5.20. The molecule has 2 rings (SSSR count). The summed E-state index contributed by atoms with van der Waals surface area (Å²) < 4.78 is 38.9. The van der Waals surface area contributed by atoms with Crippen molar-refractivity contribution in [3.63, 3.8) is 0 Å². The van der Waals surface area contributed by atoms with E-state index in [2.05, 4.69) is 10.6 Å². The third-order valence-corrected chi connectivity index (χ3v) is 3.75. The molecule has 2 N–H and O–H groups in total. The first kappa shape index (κ1) is 18.8. The van der Waals surface area contributed by atoms with E-state index in [1.165, 1.54) is 18.2 Å². The van der Waals surface area contributed by atoms with E-state index in [0.29, 0.717) is 5.69 Å². The van der Waals surface area contributed by atoms with Gasteiger partial charge in [0.15, 0.2) is 0 Å². The van der Waals surface area contributed by atoms with E-state index in [4.69, 9.17) is 0 Å². The Hall–Kier alpha value is -2.50. The van der Waals surface area contributed by atoms with Gasteiger partial charge in [-0.25, -0.2) is 4.79 Å². The molecule has 6 heteroatoms. The van der Waals surface area contributed by atoms with Gasteiger partial charge in [0, 0.05) is 12.2 Å². The maximum absolute atomic E-state index is 13.0. The van der Waals surface area contributed by atoms with Gasteiger partial charge in [-0.2, -0.15) is 13.2 Å². The summed E-state index contributed by atoms with van der Waals surface area (Å²) in [4.78, 5) is 12.1. The average molecular weight is 350 g/mol. The second kappa shape index (κ2) is 7.17. The van der Waals surface area contributed by atoms with Gasteiger partial charge in [0.1, 0.15) is 0 Å². The van der Waals surface area contributed by atoms with Crippen LogP contribution < -0.4 is 10.6 Å². The molecule has 2 aromatic rings. The molecule has 2 aromatic carbocycles. The van der Waals surface area contributed by atoms with Crippen molar-refractivity contribution in [3.05, 3.63) is 65.2 Å². The fourth-order valence-electron chi connectivity index (χ4n) is 2.54. The number of halogens is 3. The van der Waals surface area contributed by atoms with Crippen LogP contribution in [0.5, 0.6) is 0 Å². The van der Waals surface area contributed by atoms with Crippen LogP contribution in [0.15, 0.2) is 48.5 Å². The number of benzene rings is 2. The third kappa shape index (κ3) is 4.98.